The second kappa shape index (κ2) is 4.96. The number of pyridine rings is 1. The minimum absolute atomic E-state index is 0.763. The molecule has 102 valence electrons. The number of rotatable bonds is 3. The third kappa shape index (κ3) is 2.03. The Morgan fingerprint density at radius 3 is 2.90 bits per heavy atom. The predicted molar refractivity (Wildman–Crippen MR) is 82.4 cm³/mol. The number of nitrogen functional groups attached to an aromatic ring is 1. The second-order valence-corrected chi connectivity index (χ2v) is 5.03. The van der Waals surface area contributed by atoms with Crippen molar-refractivity contribution in [3.8, 4) is 11.4 Å². The van der Waals surface area contributed by atoms with Gasteiger partial charge in [-0.05, 0) is 37.1 Å². The molecular weight excluding hydrogens is 248 g/mol. The first-order valence-electron chi connectivity index (χ1n) is 6.87. The number of hydrogen-bond donors (Lipinski definition) is 1. The first kappa shape index (κ1) is 12.7. The lowest BCUT2D eigenvalue weighted by Gasteiger charge is -2.10. The van der Waals surface area contributed by atoms with Gasteiger partial charge in [0.05, 0.1) is 11.7 Å². The van der Waals surface area contributed by atoms with Crippen LogP contribution in [0.25, 0.3) is 22.4 Å². The van der Waals surface area contributed by atoms with Crippen molar-refractivity contribution in [3.63, 3.8) is 0 Å². The molecule has 0 radical (unpaired) electrons. The van der Waals surface area contributed by atoms with E-state index in [1.54, 1.807) is 0 Å². The first-order chi connectivity index (χ1) is 9.70. The van der Waals surface area contributed by atoms with Gasteiger partial charge in [0.15, 0.2) is 0 Å². The van der Waals surface area contributed by atoms with Crippen LogP contribution in [-0.2, 0) is 6.54 Å². The Morgan fingerprint density at radius 2 is 2.10 bits per heavy atom. The van der Waals surface area contributed by atoms with Gasteiger partial charge < -0.3 is 10.3 Å². The third-order valence-electron chi connectivity index (χ3n) is 3.50. The summed E-state index contributed by atoms with van der Waals surface area (Å²) >= 11 is 0. The molecule has 0 aliphatic carbocycles. The molecule has 2 aromatic heterocycles. The van der Waals surface area contributed by atoms with Gasteiger partial charge in [0.25, 0.3) is 0 Å². The SMILES string of the molecule is CCCn1c(-c2cc(N)ccc2C)nc2cnccc21. The summed E-state index contributed by atoms with van der Waals surface area (Å²) in [4.78, 5) is 8.91. The van der Waals surface area contributed by atoms with Crippen LogP contribution in [0.1, 0.15) is 18.9 Å². The molecule has 3 aromatic rings. The highest BCUT2D eigenvalue weighted by molar-refractivity contribution is 5.81. The Bertz CT molecular complexity index is 758. The van der Waals surface area contributed by atoms with E-state index in [2.05, 4.69) is 23.4 Å². The maximum absolute atomic E-state index is 5.93. The lowest BCUT2D eigenvalue weighted by molar-refractivity contribution is 0.704. The lowest BCUT2D eigenvalue weighted by atomic mass is 10.1. The molecule has 0 atom stereocenters. The fourth-order valence-corrected chi connectivity index (χ4v) is 2.52. The summed E-state index contributed by atoms with van der Waals surface area (Å²) in [5, 5.41) is 0. The van der Waals surface area contributed by atoms with Crippen molar-refractivity contribution in [3.05, 3.63) is 42.2 Å². The van der Waals surface area contributed by atoms with Crippen LogP contribution in [0.5, 0.6) is 0 Å². The Labute approximate surface area is 118 Å². The molecule has 4 nitrogen and oxygen atoms in total. The van der Waals surface area contributed by atoms with Crippen LogP contribution in [0.4, 0.5) is 5.69 Å². The average Bonchev–Trinajstić information content (AvgIpc) is 2.81. The Hall–Kier alpha value is -2.36. The number of hydrogen-bond acceptors (Lipinski definition) is 3. The number of benzene rings is 1. The van der Waals surface area contributed by atoms with Gasteiger partial charge in [-0.2, -0.15) is 0 Å². The fourth-order valence-electron chi connectivity index (χ4n) is 2.52. The van der Waals surface area contributed by atoms with E-state index in [1.165, 1.54) is 5.56 Å². The number of nitrogens with two attached hydrogens (primary N) is 1. The van der Waals surface area contributed by atoms with Crippen molar-refractivity contribution in [2.24, 2.45) is 0 Å². The van der Waals surface area contributed by atoms with Crippen molar-refractivity contribution < 1.29 is 0 Å². The van der Waals surface area contributed by atoms with Crippen LogP contribution in [0.2, 0.25) is 0 Å². The Balaban J connectivity index is 2.29. The molecule has 0 unspecified atom stereocenters. The highest BCUT2D eigenvalue weighted by atomic mass is 15.1. The largest absolute Gasteiger partial charge is 0.399 e. The number of aryl methyl sites for hydroxylation is 2. The lowest BCUT2D eigenvalue weighted by Crippen LogP contribution is -2.01. The van der Waals surface area contributed by atoms with Gasteiger partial charge in [0, 0.05) is 24.0 Å². The molecule has 0 amide bonds. The highest BCUT2D eigenvalue weighted by Gasteiger charge is 2.14. The van der Waals surface area contributed by atoms with Gasteiger partial charge in [0.2, 0.25) is 0 Å². The van der Waals surface area contributed by atoms with Crippen molar-refractivity contribution in [2.75, 3.05) is 5.73 Å². The molecule has 0 saturated carbocycles. The molecule has 0 spiro atoms. The van der Waals surface area contributed by atoms with Crippen LogP contribution < -0.4 is 5.73 Å². The van der Waals surface area contributed by atoms with E-state index in [1.807, 2.05) is 36.7 Å². The Morgan fingerprint density at radius 1 is 1.25 bits per heavy atom. The van der Waals surface area contributed by atoms with E-state index in [0.717, 1.165) is 41.1 Å². The van der Waals surface area contributed by atoms with Gasteiger partial charge in [-0.1, -0.05) is 13.0 Å². The van der Waals surface area contributed by atoms with Gasteiger partial charge in [-0.15, -0.1) is 0 Å². The van der Waals surface area contributed by atoms with Gasteiger partial charge in [-0.25, -0.2) is 4.98 Å². The van der Waals surface area contributed by atoms with Crippen LogP contribution in [0.15, 0.2) is 36.7 Å². The molecule has 0 aliphatic heterocycles. The van der Waals surface area contributed by atoms with Crippen molar-refractivity contribution in [1.29, 1.82) is 0 Å². The predicted octanol–water partition coefficient (Wildman–Crippen LogP) is 3.40. The third-order valence-corrected chi connectivity index (χ3v) is 3.50. The van der Waals surface area contributed by atoms with E-state index in [4.69, 9.17) is 10.7 Å². The monoisotopic (exact) mass is 266 g/mol. The number of nitrogens with zero attached hydrogens (tertiary/aromatic N) is 3. The fraction of sp³-hybridized carbons (Fsp3) is 0.250. The first-order valence-corrected chi connectivity index (χ1v) is 6.87. The van der Waals surface area contributed by atoms with Crippen LogP contribution >= 0.6 is 0 Å². The summed E-state index contributed by atoms with van der Waals surface area (Å²) in [6.45, 7) is 5.19. The smallest absolute Gasteiger partial charge is 0.141 e. The van der Waals surface area contributed by atoms with Crippen LogP contribution in [0.3, 0.4) is 0 Å². The standard InChI is InChI=1S/C16H18N4/c1-3-8-20-15-6-7-18-10-14(15)19-16(20)13-9-12(17)5-4-11(13)2/h4-7,9-10H,3,8,17H2,1-2H3. The summed E-state index contributed by atoms with van der Waals surface area (Å²) in [6.07, 6.45) is 4.68. The van der Waals surface area contributed by atoms with E-state index in [-0.39, 0.29) is 0 Å². The maximum Gasteiger partial charge on any atom is 0.141 e. The zero-order chi connectivity index (χ0) is 14.1. The number of anilines is 1. The van der Waals surface area contributed by atoms with Gasteiger partial charge in [0.1, 0.15) is 11.3 Å². The van der Waals surface area contributed by atoms with E-state index >= 15 is 0 Å². The molecule has 0 saturated heterocycles. The van der Waals surface area contributed by atoms with E-state index in [9.17, 15) is 0 Å². The number of imidazole rings is 1. The molecule has 2 heterocycles. The van der Waals surface area contributed by atoms with Gasteiger partial charge in [-0.3, -0.25) is 4.98 Å². The number of fused-ring (bicyclic) bond motifs is 1. The van der Waals surface area contributed by atoms with Crippen molar-refractivity contribution in [1.82, 2.24) is 14.5 Å². The highest BCUT2D eigenvalue weighted by Crippen LogP contribution is 2.28. The molecule has 20 heavy (non-hydrogen) atoms. The molecule has 2 N–H and O–H groups in total. The van der Waals surface area contributed by atoms with E-state index in [0.29, 0.717) is 0 Å². The Kier molecular flexibility index (Phi) is 3.14. The maximum atomic E-state index is 5.93. The second-order valence-electron chi connectivity index (χ2n) is 5.03. The summed E-state index contributed by atoms with van der Waals surface area (Å²) in [7, 11) is 0. The van der Waals surface area contributed by atoms with Crippen molar-refractivity contribution in [2.45, 2.75) is 26.8 Å². The minimum Gasteiger partial charge on any atom is -0.399 e. The van der Waals surface area contributed by atoms with E-state index < -0.39 is 0 Å². The molecular formula is C16H18N4. The zero-order valence-electron chi connectivity index (χ0n) is 11.8. The molecule has 0 bridgehead atoms. The molecule has 0 aliphatic rings. The summed E-state index contributed by atoms with van der Waals surface area (Å²) < 4.78 is 2.25. The van der Waals surface area contributed by atoms with Crippen LogP contribution in [0, 0.1) is 6.92 Å². The van der Waals surface area contributed by atoms with Gasteiger partial charge >= 0.3 is 0 Å². The molecule has 4 heteroatoms. The number of aromatic nitrogens is 3. The quantitative estimate of drug-likeness (QED) is 0.739. The molecule has 1 aromatic carbocycles. The molecule has 3 rings (SSSR count). The summed E-state index contributed by atoms with van der Waals surface area (Å²) in [6, 6.07) is 7.98. The summed E-state index contributed by atoms with van der Waals surface area (Å²) in [5.41, 5.74) is 11.0. The normalized spacial score (nSPS) is 11.1. The summed E-state index contributed by atoms with van der Waals surface area (Å²) in [5.74, 6) is 0.972. The van der Waals surface area contributed by atoms with Crippen LogP contribution in [-0.4, -0.2) is 14.5 Å². The minimum atomic E-state index is 0.763. The van der Waals surface area contributed by atoms with Crippen molar-refractivity contribution >= 4 is 16.7 Å². The molecule has 0 fully saturated rings. The zero-order valence-corrected chi connectivity index (χ0v) is 11.8. The average molecular weight is 266 g/mol. The topological polar surface area (TPSA) is 56.7 Å².